The highest BCUT2D eigenvalue weighted by Crippen LogP contribution is 2.37. The Morgan fingerprint density at radius 3 is 2.95 bits per heavy atom. The number of para-hydroxylation sites is 1. The summed E-state index contributed by atoms with van der Waals surface area (Å²) in [6, 6.07) is 11.6. The van der Waals surface area contributed by atoms with Crippen molar-refractivity contribution in [2.45, 2.75) is 18.9 Å². The maximum absolute atomic E-state index is 12.6. The molecule has 0 spiro atoms. The number of nitrogens with zero attached hydrogens (tertiary/aromatic N) is 2. The molecule has 112 valence electrons. The Hall–Kier alpha value is -1.66. The lowest BCUT2D eigenvalue weighted by molar-refractivity contribution is 0.0702. The maximum Gasteiger partial charge on any atom is 0.290 e. The fourth-order valence-corrected chi connectivity index (χ4v) is 4.29. The molecule has 4 rings (SSSR count). The number of carbonyl (C=O) groups is 1. The predicted octanol–water partition coefficient (Wildman–Crippen LogP) is 4.63. The van der Waals surface area contributed by atoms with Crippen LogP contribution in [0.4, 0.5) is 0 Å². The summed E-state index contributed by atoms with van der Waals surface area (Å²) in [5.41, 5.74) is 1.00. The first kappa shape index (κ1) is 14.0. The van der Waals surface area contributed by atoms with Crippen LogP contribution in [0.2, 0.25) is 0 Å². The summed E-state index contributed by atoms with van der Waals surface area (Å²) in [5.74, 6) is 0.312. The van der Waals surface area contributed by atoms with E-state index in [-0.39, 0.29) is 11.9 Å². The topological polar surface area (TPSA) is 46.3 Å². The van der Waals surface area contributed by atoms with E-state index >= 15 is 0 Å². The van der Waals surface area contributed by atoms with Crippen LogP contribution in [-0.4, -0.2) is 22.3 Å². The van der Waals surface area contributed by atoms with E-state index in [1.54, 1.807) is 23.5 Å². The molecule has 1 aromatic carbocycles. The lowest BCUT2D eigenvalue weighted by Gasteiger charge is -2.21. The SMILES string of the molecule is O=C(c1ccc(Br)o1)N1CCC[C@@H]1c1nc2ccccc2s1. The van der Waals surface area contributed by atoms with E-state index in [0.717, 1.165) is 34.6 Å². The van der Waals surface area contributed by atoms with Gasteiger partial charge in [-0.25, -0.2) is 4.98 Å². The Kier molecular flexibility index (Phi) is 3.50. The first-order valence-electron chi connectivity index (χ1n) is 7.14. The van der Waals surface area contributed by atoms with Crippen LogP contribution in [0.25, 0.3) is 10.2 Å². The summed E-state index contributed by atoms with van der Waals surface area (Å²) in [5, 5.41) is 1.01. The van der Waals surface area contributed by atoms with Gasteiger partial charge in [0.1, 0.15) is 5.01 Å². The first-order valence-corrected chi connectivity index (χ1v) is 8.75. The molecule has 2 aromatic heterocycles. The van der Waals surface area contributed by atoms with E-state index in [9.17, 15) is 4.79 Å². The monoisotopic (exact) mass is 376 g/mol. The first-order chi connectivity index (χ1) is 10.7. The van der Waals surface area contributed by atoms with Crippen LogP contribution in [0.15, 0.2) is 45.5 Å². The predicted molar refractivity (Wildman–Crippen MR) is 89.0 cm³/mol. The molecular formula is C16H13BrN2O2S. The lowest BCUT2D eigenvalue weighted by atomic mass is 10.2. The third kappa shape index (κ3) is 2.36. The Morgan fingerprint density at radius 2 is 2.18 bits per heavy atom. The van der Waals surface area contributed by atoms with Crippen molar-refractivity contribution in [3.63, 3.8) is 0 Å². The minimum absolute atomic E-state index is 0.0498. The van der Waals surface area contributed by atoms with Gasteiger partial charge in [-0.3, -0.25) is 4.79 Å². The van der Waals surface area contributed by atoms with E-state index in [4.69, 9.17) is 9.40 Å². The van der Waals surface area contributed by atoms with E-state index in [2.05, 4.69) is 22.0 Å². The van der Waals surface area contributed by atoms with Gasteiger partial charge in [0.25, 0.3) is 5.91 Å². The number of likely N-dealkylation sites (tertiary alicyclic amines) is 1. The molecule has 1 amide bonds. The van der Waals surface area contributed by atoms with Crippen molar-refractivity contribution < 1.29 is 9.21 Å². The van der Waals surface area contributed by atoms with Gasteiger partial charge >= 0.3 is 0 Å². The number of furan rings is 1. The zero-order valence-electron chi connectivity index (χ0n) is 11.7. The minimum Gasteiger partial charge on any atom is -0.444 e. The lowest BCUT2D eigenvalue weighted by Crippen LogP contribution is -2.30. The van der Waals surface area contributed by atoms with Crippen LogP contribution in [-0.2, 0) is 0 Å². The highest BCUT2D eigenvalue weighted by molar-refractivity contribution is 9.10. The highest BCUT2D eigenvalue weighted by atomic mass is 79.9. The molecule has 1 aliphatic rings. The summed E-state index contributed by atoms with van der Waals surface area (Å²) >= 11 is 4.92. The zero-order valence-corrected chi connectivity index (χ0v) is 14.1. The quantitative estimate of drug-likeness (QED) is 0.654. The van der Waals surface area contributed by atoms with E-state index in [0.29, 0.717) is 10.4 Å². The second kappa shape index (κ2) is 5.52. The van der Waals surface area contributed by atoms with Crippen LogP contribution >= 0.6 is 27.3 Å². The van der Waals surface area contributed by atoms with Crippen molar-refractivity contribution in [3.05, 3.63) is 51.8 Å². The normalized spacial score (nSPS) is 18.2. The third-order valence-electron chi connectivity index (χ3n) is 3.89. The standard InChI is InChI=1S/C16H13BrN2O2S/c17-14-8-7-12(21-14)16(20)19-9-3-5-11(19)15-18-10-4-1-2-6-13(10)22-15/h1-2,4,6-8,11H,3,5,9H2/t11-/m1/s1. The molecule has 0 bridgehead atoms. The van der Waals surface area contributed by atoms with E-state index in [1.807, 2.05) is 23.1 Å². The van der Waals surface area contributed by atoms with Crippen LogP contribution in [0.1, 0.15) is 34.4 Å². The number of amides is 1. The average Bonchev–Trinajstić information content (AvgIpc) is 3.24. The number of benzene rings is 1. The number of hydrogen-bond donors (Lipinski definition) is 0. The largest absolute Gasteiger partial charge is 0.444 e. The summed E-state index contributed by atoms with van der Waals surface area (Å²) in [6.45, 7) is 0.748. The summed E-state index contributed by atoms with van der Waals surface area (Å²) in [4.78, 5) is 19.2. The number of aromatic nitrogens is 1. The number of hydrogen-bond acceptors (Lipinski definition) is 4. The molecule has 1 saturated heterocycles. The fourth-order valence-electron chi connectivity index (χ4n) is 2.87. The minimum atomic E-state index is -0.0625. The molecule has 3 heterocycles. The molecule has 3 aromatic rings. The maximum atomic E-state index is 12.6. The highest BCUT2D eigenvalue weighted by Gasteiger charge is 2.34. The van der Waals surface area contributed by atoms with Crippen molar-refractivity contribution in [2.75, 3.05) is 6.54 Å². The summed E-state index contributed by atoms with van der Waals surface area (Å²) in [7, 11) is 0. The molecule has 0 unspecified atom stereocenters. The van der Waals surface area contributed by atoms with Gasteiger partial charge in [0, 0.05) is 6.54 Å². The smallest absolute Gasteiger partial charge is 0.290 e. The Morgan fingerprint density at radius 1 is 1.32 bits per heavy atom. The number of carbonyl (C=O) groups excluding carboxylic acids is 1. The van der Waals surface area contributed by atoms with Gasteiger partial charge in [0.05, 0.1) is 16.3 Å². The van der Waals surface area contributed by atoms with Crippen molar-refractivity contribution >= 4 is 43.4 Å². The van der Waals surface area contributed by atoms with Crippen molar-refractivity contribution in [1.29, 1.82) is 0 Å². The molecule has 6 heteroatoms. The molecule has 0 N–H and O–H groups in total. The molecule has 22 heavy (non-hydrogen) atoms. The van der Waals surface area contributed by atoms with Gasteiger partial charge in [-0.2, -0.15) is 0 Å². The second-order valence-electron chi connectivity index (χ2n) is 5.28. The van der Waals surface area contributed by atoms with Gasteiger partial charge in [-0.15, -0.1) is 11.3 Å². The number of rotatable bonds is 2. The summed E-state index contributed by atoms with van der Waals surface area (Å²) < 4.78 is 7.15. The number of thiazole rings is 1. The molecule has 1 atom stereocenters. The van der Waals surface area contributed by atoms with E-state index in [1.165, 1.54) is 0 Å². The van der Waals surface area contributed by atoms with Gasteiger partial charge in [-0.05, 0) is 53.0 Å². The average molecular weight is 377 g/mol. The Bertz CT molecular complexity index is 808. The number of fused-ring (bicyclic) bond motifs is 1. The van der Waals surface area contributed by atoms with Crippen LogP contribution in [0, 0.1) is 0 Å². The molecule has 4 nitrogen and oxygen atoms in total. The van der Waals surface area contributed by atoms with Crippen molar-refractivity contribution in [2.24, 2.45) is 0 Å². The second-order valence-corrected chi connectivity index (χ2v) is 7.12. The molecule has 0 aliphatic carbocycles. The number of halogens is 1. The Labute approximate surface area is 139 Å². The molecular weight excluding hydrogens is 364 g/mol. The van der Waals surface area contributed by atoms with Crippen LogP contribution in [0.3, 0.4) is 0 Å². The molecule has 0 saturated carbocycles. The van der Waals surface area contributed by atoms with Crippen molar-refractivity contribution in [1.82, 2.24) is 9.88 Å². The van der Waals surface area contributed by atoms with Crippen LogP contribution in [0.5, 0.6) is 0 Å². The van der Waals surface area contributed by atoms with Gasteiger partial charge in [-0.1, -0.05) is 12.1 Å². The molecule has 1 fully saturated rings. The van der Waals surface area contributed by atoms with Gasteiger partial charge < -0.3 is 9.32 Å². The van der Waals surface area contributed by atoms with Crippen LogP contribution < -0.4 is 0 Å². The molecule has 1 aliphatic heterocycles. The van der Waals surface area contributed by atoms with E-state index < -0.39 is 0 Å². The zero-order chi connectivity index (χ0) is 15.1. The van der Waals surface area contributed by atoms with Gasteiger partial charge in [0.2, 0.25) is 0 Å². The van der Waals surface area contributed by atoms with Crippen molar-refractivity contribution in [3.8, 4) is 0 Å². The fraction of sp³-hybridized carbons (Fsp3) is 0.250. The third-order valence-corrected chi connectivity index (χ3v) is 5.46. The van der Waals surface area contributed by atoms with Gasteiger partial charge in [0.15, 0.2) is 10.4 Å². The molecule has 0 radical (unpaired) electrons. The Balaban J connectivity index is 1.67. The summed E-state index contributed by atoms with van der Waals surface area (Å²) in [6.07, 6.45) is 1.95.